The number of ether oxygens (including phenoxy) is 1. The highest BCUT2D eigenvalue weighted by Crippen LogP contribution is 2.28. The molecule has 0 heterocycles. The summed E-state index contributed by atoms with van der Waals surface area (Å²) in [6.45, 7) is 5.17. The van der Waals surface area contributed by atoms with Crippen LogP contribution in [0.5, 0.6) is 0 Å². The van der Waals surface area contributed by atoms with Gasteiger partial charge in [0.1, 0.15) is 6.10 Å². The van der Waals surface area contributed by atoms with Gasteiger partial charge in [0.25, 0.3) is 3.79 Å². The number of esters is 1. The van der Waals surface area contributed by atoms with Crippen LogP contribution in [0.2, 0.25) is 0 Å². The van der Waals surface area contributed by atoms with Gasteiger partial charge < -0.3 is 4.74 Å². The third-order valence-corrected chi connectivity index (χ3v) is 1.50. The van der Waals surface area contributed by atoms with Crippen molar-refractivity contribution in [2.75, 3.05) is 0 Å². The lowest BCUT2D eigenvalue weighted by Gasteiger charge is -2.14. The predicted molar refractivity (Wildman–Crippen MR) is 50.7 cm³/mol. The molecule has 12 heavy (non-hydrogen) atoms. The summed E-state index contributed by atoms with van der Waals surface area (Å²) < 4.78 is 2.76. The van der Waals surface area contributed by atoms with Gasteiger partial charge in [0, 0.05) is 6.42 Å². The van der Waals surface area contributed by atoms with Crippen LogP contribution in [0.15, 0.2) is 12.7 Å². The maximum Gasteiger partial charge on any atom is 0.358 e. The van der Waals surface area contributed by atoms with Gasteiger partial charge in [-0.1, -0.05) is 40.9 Å². The zero-order chi connectivity index (χ0) is 9.78. The second-order valence-corrected chi connectivity index (χ2v) is 4.52. The van der Waals surface area contributed by atoms with E-state index in [4.69, 9.17) is 39.5 Å². The topological polar surface area (TPSA) is 26.3 Å². The van der Waals surface area contributed by atoms with Crippen molar-refractivity contribution in [3.8, 4) is 0 Å². The molecule has 0 aromatic rings. The molecule has 2 nitrogen and oxygen atoms in total. The van der Waals surface area contributed by atoms with E-state index in [1.165, 1.54) is 0 Å². The molecule has 1 atom stereocenters. The average Bonchev–Trinajstić information content (AvgIpc) is 1.85. The molecule has 0 spiro atoms. The molecule has 0 aliphatic heterocycles. The molecule has 0 N–H and O–H groups in total. The van der Waals surface area contributed by atoms with Crippen molar-refractivity contribution < 1.29 is 9.53 Å². The summed E-state index contributed by atoms with van der Waals surface area (Å²) in [6, 6.07) is 0. The summed E-state index contributed by atoms with van der Waals surface area (Å²) in [4.78, 5) is 10.9. The maximum atomic E-state index is 10.9. The molecule has 0 saturated carbocycles. The van der Waals surface area contributed by atoms with Gasteiger partial charge in [-0.15, -0.1) is 6.58 Å². The van der Waals surface area contributed by atoms with E-state index in [1.807, 2.05) is 0 Å². The van der Waals surface area contributed by atoms with Gasteiger partial charge in [0.2, 0.25) is 0 Å². The molecule has 0 radical (unpaired) electrons. The summed E-state index contributed by atoms with van der Waals surface area (Å²) in [7, 11) is 0. The molecule has 0 aromatic carbocycles. The van der Waals surface area contributed by atoms with Crippen molar-refractivity contribution >= 4 is 40.8 Å². The van der Waals surface area contributed by atoms with Gasteiger partial charge in [0.15, 0.2) is 0 Å². The van der Waals surface area contributed by atoms with Gasteiger partial charge >= 0.3 is 5.97 Å². The standard InChI is InChI=1S/C7H9Cl3O2/c1-3-4-5(2)12-6(11)7(8,9)10/h3,5H,1,4H2,2H3. The lowest BCUT2D eigenvalue weighted by atomic mass is 10.3. The van der Waals surface area contributed by atoms with E-state index < -0.39 is 9.76 Å². The minimum Gasteiger partial charge on any atom is -0.459 e. The van der Waals surface area contributed by atoms with Crippen LogP contribution in [0.4, 0.5) is 0 Å². The van der Waals surface area contributed by atoms with E-state index in [9.17, 15) is 4.79 Å². The Kier molecular flexibility index (Phi) is 4.98. The summed E-state index contributed by atoms with van der Waals surface area (Å²) in [5, 5.41) is 0. The van der Waals surface area contributed by atoms with Gasteiger partial charge in [-0.2, -0.15) is 0 Å². The molecule has 0 bridgehead atoms. The molecule has 0 amide bonds. The number of halogens is 3. The Hall–Kier alpha value is 0.0800. The van der Waals surface area contributed by atoms with Gasteiger partial charge in [-0.05, 0) is 6.92 Å². The quantitative estimate of drug-likeness (QED) is 0.424. The molecule has 0 aliphatic rings. The molecule has 5 heteroatoms. The summed E-state index contributed by atoms with van der Waals surface area (Å²) >= 11 is 15.8. The van der Waals surface area contributed by atoms with E-state index in [0.717, 1.165) is 0 Å². The Labute approximate surface area is 86.4 Å². The number of hydrogen-bond acceptors (Lipinski definition) is 2. The molecular weight excluding hydrogens is 222 g/mol. The Balaban J connectivity index is 3.92. The third-order valence-electron chi connectivity index (χ3n) is 1.04. The lowest BCUT2D eigenvalue weighted by Crippen LogP contribution is -2.25. The van der Waals surface area contributed by atoms with Gasteiger partial charge in [0.05, 0.1) is 0 Å². The van der Waals surface area contributed by atoms with Crippen LogP contribution in [0, 0.1) is 0 Å². The Morgan fingerprint density at radius 2 is 2.17 bits per heavy atom. The number of alkyl halides is 3. The monoisotopic (exact) mass is 230 g/mol. The van der Waals surface area contributed by atoms with Crippen LogP contribution in [0.1, 0.15) is 13.3 Å². The van der Waals surface area contributed by atoms with Crippen molar-refractivity contribution in [2.24, 2.45) is 0 Å². The number of hydrogen-bond donors (Lipinski definition) is 0. The molecule has 0 aliphatic carbocycles. The summed E-state index contributed by atoms with van der Waals surface area (Å²) in [6.07, 6.45) is 1.84. The van der Waals surface area contributed by atoms with Crippen molar-refractivity contribution in [2.45, 2.75) is 23.2 Å². The van der Waals surface area contributed by atoms with Crippen LogP contribution < -0.4 is 0 Å². The molecule has 0 fully saturated rings. The Morgan fingerprint density at radius 1 is 1.67 bits per heavy atom. The fourth-order valence-electron chi connectivity index (χ4n) is 0.532. The molecule has 0 aromatic heterocycles. The average molecular weight is 232 g/mol. The third kappa shape index (κ3) is 4.86. The first-order chi connectivity index (χ1) is 5.38. The van der Waals surface area contributed by atoms with Crippen molar-refractivity contribution in [3.63, 3.8) is 0 Å². The van der Waals surface area contributed by atoms with E-state index in [0.29, 0.717) is 6.42 Å². The fourth-order valence-corrected chi connectivity index (χ4v) is 0.666. The Bertz CT molecular complexity index is 174. The first-order valence-corrected chi connectivity index (χ1v) is 4.40. The normalized spacial score (nSPS) is 13.7. The largest absolute Gasteiger partial charge is 0.459 e. The highest BCUT2D eigenvalue weighted by atomic mass is 35.6. The van der Waals surface area contributed by atoms with Crippen LogP contribution in [-0.2, 0) is 9.53 Å². The lowest BCUT2D eigenvalue weighted by molar-refractivity contribution is -0.146. The predicted octanol–water partition coefficient (Wildman–Crippen LogP) is 2.86. The van der Waals surface area contributed by atoms with Crippen LogP contribution in [0.3, 0.4) is 0 Å². The van der Waals surface area contributed by atoms with Gasteiger partial charge in [-0.25, -0.2) is 4.79 Å². The minimum absolute atomic E-state index is 0.314. The number of carbonyl (C=O) groups is 1. The highest BCUT2D eigenvalue weighted by molar-refractivity contribution is 6.75. The SMILES string of the molecule is C=CCC(C)OC(=O)C(Cl)(Cl)Cl. The molecule has 0 rings (SSSR count). The fraction of sp³-hybridized carbons (Fsp3) is 0.571. The first kappa shape index (κ1) is 12.1. The van der Waals surface area contributed by atoms with E-state index in [2.05, 4.69) is 6.58 Å². The zero-order valence-corrected chi connectivity index (χ0v) is 8.79. The van der Waals surface area contributed by atoms with Crippen LogP contribution in [-0.4, -0.2) is 15.9 Å². The highest BCUT2D eigenvalue weighted by Gasteiger charge is 2.33. The number of rotatable bonds is 3. The second-order valence-electron chi connectivity index (χ2n) is 2.24. The van der Waals surface area contributed by atoms with Crippen molar-refractivity contribution in [3.05, 3.63) is 12.7 Å². The Morgan fingerprint density at radius 3 is 2.50 bits per heavy atom. The van der Waals surface area contributed by atoms with E-state index in [-0.39, 0.29) is 6.10 Å². The molecule has 1 unspecified atom stereocenters. The second kappa shape index (κ2) is 4.95. The van der Waals surface area contributed by atoms with Crippen LogP contribution in [0.25, 0.3) is 0 Å². The molecule has 70 valence electrons. The molecular formula is C7H9Cl3O2. The van der Waals surface area contributed by atoms with Crippen molar-refractivity contribution in [1.82, 2.24) is 0 Å². The van der Waals surface area contributed by atoms with E-state index >= 15 is 0 Å². The maximum absolute atomic E-state index is 10.9. The number of carbonyl (C=O) groups excluding carboxylic acids is 1. The van der Waals surface area contributed by atoms with Crippen LogP contribution >= 0.6 is 34.8 Å². The van der Waals surface area contributed by atoms with Gasteiger partial charge in [-0.3, -0.25) is 0 Å². The minimum atomic E-state index is -1.99. The summed E-state index contributed by atoms with van der Waals surface area (Å²) in [5.74, 6) is -0.859. The van der Waals surface area contributed by atoms with E-state index in [1.54, 1.807) is 13.0 Å². The smallest absolute Gasteiger partial charge is 0.358 e. The molecule has 0 saturated heterocycles. The van der Waals surface area contributed by atoms with Crippen molar-refractivity contribution in [1.29, 1.82) is 0 Å². The zero-order valence-electron chi connectivity index (χ0n) is 6.52. The first-order valence-electron chi connectivity index (χ1n) is 3.26. The summed E-state index contributed by atoms with van der Waals surface area (Å²) in [5.41, 5.74) is 0.